The SMILES string of the molecule is NC(=NCc1cccc(NC(=O)C2CCC2)c1)N1CCCCCC1. The van der Waals surface area contributed by atoms with Gasteiger partial charge in [0.2, 0.25) is 5.91 Å². The summed E-state index contributed by atoms with van der Waals surface area (Å²) in [6.07, 6.45) is 8.16. The highest BCUT2D eigenvalue weighted by Gasteiger charge is 2.25. The summed E-state index contributed by atoms with van der Waals surface area (Å²) in [4.78, 5) is 18.8. The molecular formula is C19H28N4O. The molecule has 3 rings (SSSR count). The van der Waals surface area contributed by atoms with Gasteiger partial charge in [0.25, 0.3) is 0 Å². The number of nitrogens with two attached hydrogens (primary N) is 1. The summed E-state index contributed by atoms with van der Waals surface area (Å²) in [5.74, 6) is 0.983. The average molecular weight is 328 g/mol. The fourth-order valence-electron chi connectivity index (χ4n) is 3.23. The monoisotopic (exact) mass is 328 g/mol. The number of nitrogens with one attached hydrogen (secondary N) is 1. The first-order valence-corrected chi connectivity index (χ1v) is 9.17. The van der Waals surface area contributed by atoms with Gasteiger partial charge >= 0.3 is 0 Å². The van der Waals surface area contributed by atoms with Gasteiger partial charge in [-0.25, -0.2) is 4.99 Å². The van der Waals surface area contributed by atoms with E-state index >= 15 is 0 Å². The number of carbonyl (C=O) groups is 1. The second-order valence-electron chi connectivity index (χ2n) is 6.89. The van der Waals surface area contributed by atoms with E-state index in [9.17, 15) is 4.79 Å². The number of hydrogen-bond donors (Lipinski definition) is 2. The summed E-state index contributed by atoms with van der Waals surface area (Å²) in [6, 6.07) is 7.92. The molecule has 5 heteroatoms. The number of guanidine groups is 1. The first-order chi connectivity index (χ1) is 11.7. The number of amides is 1. The second-order valence-corrected chi connectivity index (χ2v) is 6.89. The predicted molar refractivity (Wildman–Crippen MR) is 97.8 cm³/mol. The lowest BCUT2D eigenvalue weighted by atomic mass is 9.85. The van der Waals surface area contributed by atoms with E-state index < -0.39 is 0 Å². The van der Waals surface area contributed by atoms with Gasteiger partial charge in [0.05, 0.1) is 6.54 Å². The lowest BCUT2D eigenvalue weighted by Gasteiger charge is -2.24. The molecule has 1 aliphatic carbocycles. The lowest BCUT2D eigenvalue weighted by molar-refractivity contribution is -0.122. The Bertz CT molecular complexity index is 587. The Morgan fingerprint density at radius 3 is 2.58 bits per heavy atom. The number of likely N-dealkylation sites (tertiary alicyclic amines) is 1. The van der Waals surface area contributed by atoms with Crippen molar-refractivity contribution >= 4 is 17.6 Å². The number of anilines is 1. The molecule has 1 saturated heterocycles. The van der Waals surface area contributed by atoms with Crippen LogP contribution >= 0.6 is 0 Å². The first kappa shape index (κ1) is 16.8. The van der Waals surface area contributed by atoms with Crippen LogP contribution < -0.4 is 11.1 Å². The van der Waals surface area contributed by atoms with Crippen LogP contribution in [0.4, 0.5) is 5.69 Å². The Hall–Kier alpha value is -2.04. The van der Waals surface area contributed by atoms with Crippen LogP contribution in [0.1, 0.15) is 50.5 Å². The normalized spacial score (nSPS) is 19.5. The minimum Gasteiger partial charge on any atom is -0.370 e. The molecule has 2 aliphatic rings. The number of nitrogens with zero attached hydrogens (tertiary/aromatic N) is 2. The highest BCUT2D eigenvalue weighted by molar-refractivity contribution is 5.93. The van der Waals surface area contributed by atoms with E-state index in [-0.39, 0.29) is 11.8 Å². The molecule has 0 unspecified atom stereocenters. The minimum atomic E-state index is 0.144. The molecule has 1 aromatic rings. The fraction of sp³-hybridized carbons (Fsp3) is 0.579. The molecule has 2 fully saturated rings. The van der Waals surface area contributed by atoms with E-state index in [1.54, 1.807) is 0 Å². The Labute approximate surface area is 144 Å². The predicted octanol–water partition coefficient (Wildman–Crippen LogP) is 3.12. The molecule has 24 heavy (non-hydrogen) atoms. The molecular weight excluding hydrogens is 300 g/mol. The third-order valence-electron chi connectivity index (χ3n) is 5.02. The zero-order valence-corrected chi connectivity index (χ0v) is 14.3. The second kappa shape index (κ2) is 8.18. The topological polar surface area (TPSA) is 70.7 Å². The molecule has 0 atom stereocenters. The molecule has 1 saturated carbocycles. The van der Waals surface area contributed by atoms with Crippen molar-refractivity contribution < 1.29 is 4.79 Å². The molecule has 1 heterocycles. The summed E-state index contributed by atoms with van der Waals surface area (Å²) in [7, 11) is 0. The van der Waals surface area contributed by atoms with Crippen molar-refractivity contribution in [1.82, 2.24) is 4.90 Å². The molecule has 1 aliphatic heterocycles. The Balaban J connectivity index is 1.57. The highest BCUT2D eigenvalue weighted by atomic mass is 16.1. The average Bonchev–Trinajstić information content (AvgIpc) is 2.80. The Morgan fingerprint density at radius 2 is 1.92 bits per heavy atom. The van der Waals surface area contributed by atoms with Crippen molar-refractivity contribution in [2.24, 2.45) is 16.6 Å². The summed E-state index contributed by atoms with van der Waals surface area (Å²) in [5, 5.41) is 3.01. The summed E-state index contributed by atoms with van der Waals surface area (Å²) >= 11 is 0. The van der Waals surface area contributed by atoms with E-state index in [1.165, 1.54) is 32.1 Å². The maximum absolute atomic E-state index is 12.0. The number of carbonyl (C=O) groups excluding carboxylic acids is 1. The smallest absolute Gasteiger partial charge is 0.227 e. The molecule has 0 spiro atoms. The van der Waals surface area contributed by atoms with Crippen LogP contribution in [0.5, 0.6) is 0 Å². The van der Waals surface area contributed by atoms with Gasteiger partial charge in [0.1, 0.15) is 0 Å². The van der Waals surface area contributed by atoms with Crippen LogP contribution in [-0.4, -0.2) is 29.9 Å². The van der Waals surface area contributed by atoms with Crippen molar-refractivity contribution in [3.63, 3.8) is 0 Å². The maximum atomic E-state index is 12.0. The molecule has 0 aromatic heterocycles. The molecule has 1 aromatic carbocycles. The summed E-state index contributed by atoms with van der Waals surface area (Å²) < 4.78 is 0. The minimum absolute atomic E-state index is 0.144. The quantitative estimate of drug-likeness (QED) is 0.659. The number of rotatable bonds is 4. The highest BCUT2D eigenvalue weighted by Crippen LogP contribution is 2.27. The van der Waals surface area contributed by atoms with E-state index in [4.69, 9.17) is 5.73 Å². The third-order valence-corrected chi connectivity index (χ3v) is 5.02. The molecule has 130 valence electrons. The van der Waals surface area contributed by atoms with Gasteiger partial charge in [-0.3, -0.25) is 4.79 Å². The Morgan fingerprint density at radius 1 is 1.17 bits per heavy atom. The van der Waals surface area contributed by atoms with Gasteiger partial charge in [-0.05, 0) is 43.4 Å². The van der Waals surface area contributed by atoms with E-state index in [0.29, 0.717) is 12.5 Å². The first-order valence-electron chi connectivity index (χ1n) is 9.17. The van der Waals surface area contributed by atoms with Crippen LogP contribution in [0.15, 0.2) is 29.3 Å². The van der Waals surface area contributed by atoms with Gasteiger partial charge in [-0.15, -0.1) is 0 Å². The van der Waals surface area contributed by atoms with Gasteiger partial charge < -0.3 is 16.0 Å². The Kier molecular flexibility index (Phi) is 5.72. The van der Waals surface area contributed by atoms with Crippen LogP contribution in [0.3, 0.4) is 0 Å². The number of benzene rings is 1. The van der Waals surface area contributed by atoms with E-state index in [1.807, 2.05) is 24.3 Å². The molecule has 3 N–H and O–H groups in total. The third kappa shape index (κ3) is 4.49. The molecule has 0 bridgehead atoms. The number of aliphatic imine (C=N–C) groups is 1. The van der Waals surface area contributed by atoms with Crippen LogP contribution in [0, 0.1) is 5.92 Å². The van der Waals surface area contributed by atoms with E-state index in [0.717, 1.165) is 37.2 Å². The maximum Gasteiger partial charge on any atom is 0.227 e. The van der Waals surface area contributed by atoms with Crippen molar-refractivity contribution in [3.8, 4) is 0 Å². The van der Waals surface area contributed by atoms with Gasteiger partial charge in [0, 0.05) is 24.7 Å². The zero-order valence-electron chi connectivity index (χ0n) is 14.3. The number of hydrogen-bond acceptors (Lipinski definition) is 2. The van der Waals surface area contributed by atoms with Crippen LogP contribution in [0.25, 0.3) is 0 Å². The van der Waals surface area contributed by atoms with Gasteiger partial charge in [-0.2, -0.15) is 0 Å². The van der Waals surface area contributed by atoms with Crippen molar-refractivity contribution in [2.75, 3.05) is 18.4 Å². The zero-order chi connectivity index (χ0) is 16.8. The molecule has 1 amide bonds. The summed E-state index contributed by atoms with van der Waals surface area (Å²) in [5.41, 5.74) is 8.08. The van der Waals surface area contributed by atoms with Crippen molar-refractivity contribution in [3.05, 3.63) is 29.8 Å². The van der Waals surface area contributed by atoms with Crippen molar-refractivity contribution in [1.29, 1.82) is 0 Å². The lowest BCUT2D eigenvalue weighted by Crippen LogP contribution is -2.38. The summed E-state index contributed by atoms with van der Waals surface area (Å²) in [6.45, 7) is 2.56. The van der Waals surface area contributed by atoms with Crippen molar-refractivity contribution in [2.45, 2.75) is 51.5 Å². The van der Waals surface area contributed by atoms with Crippen LogP contribution in [0.2, 0.25) is 0 Å². The largest absolute Gasteiger partial charge is 0.370 e. The van der Waals surface area contributed by atoms with Crippen LogP contribution in [-0.2, 0) is 11.3 Å². The van der Waals surface area contributed by atoms with E-state index in [2.05, 4.69) is 15.2 Å². The van der Waals surface area contributed by atoms with Gasteiger partial charge in [-0.1, -0.05) is 31.4 Å². The molecule has 0 radical (unpaired) electrons. The standard InChI is InChI=1S/C19H28N4O/c20-19(23-11-3-1-2-4-12-23)21-14-15-7-5-10-17(13-15)22-18(24)16-8-6-9-16/h5,7,10,13,16H,1-4,6,8-9,11-12,14H2,(H2,20,21)(H,22,24). The molecule has 5 nitrogen and oxygen atoms in total. The fourth-order valence-corrected chi connectivity index (χ4v) is 3.23. The van der Waals surface area contributed by atoms with Gasteiger partial charge in [0.15, 0.2) is 5.96 Å².